The van der Waals surface area contributed by atoms with Gasteiger partial charge in [0.25, 0.3) is 0 Å². The monoisotopic (exact) mass is 481 g/mol. The van der Waals surface area contributed by atoms with E-state index in [1.165, 1.54) is 54.6 Å². The lowest BCUT2D eigenvalue weighted by molar-refractivity contribution is 1.48. The number of rotatable bonds is 3. The number of nitrogens with zero attached hydrogens (tertiary/aromatic N) is 1. The molecular weight excluding hydrogens is 458 g/mol. The topological polar surface area (TPSA) is 23.8 Å². The second-order valence-corrected chi connectivity index (χ2v) is 9.61. The molecule has 0 atom stereocenters. The maximum atomic E-state index is 9.54. The third kappa shape index (κ3) is 3.47. The summed E-state index contributed by atoms with van der Waals surface area (Å²) in [6.45, 7) is 0. The Morgan fingerprint density at radius 1 is 0.395 bits per heavy atom. The summed E-state index contributed by atoms with van der Waals surface area (Å²) in [4.78, 5) is 0. The molecule has 0 N–H and O–H groups in total. The van der Waals surface area contributed by atoms with Gasteiger partial charge in [-0.2, -0.15) is 5.26 Å². The molecule has 0 aliphatic carbocycles. The fraction of sp³-hybridized carbons (Fsp3) is 0. The van der Waals surface area contributed by atoms with Crippen molar-refractivity contribution in [3.8, 4) is 39.4 Å². The average Bonchev–Trinajstić information content (AvgIpc) is 2.99. The van der Waals surface area contributed by atoms with E-state index < -0.39 is 0 Å². The van der Waals surface area contributed by atoms with Crippen molar-refractivity contribution in [2.75, 3.05) is 0 Å². The molecule has 176 valence electrons. The molecule has 0 radical (unpaired) electrons. The van der Waals surface area contributed by atoms with Crippen LogP contribution in [0.15, 0.2) is 140 Å². The van der Waals surface area contributed by atoms with Crippen LogP contribution in [0.3, 0.4) is 0 Å². The highest BCUT2D eigenvalue weighted by Gasteiger charge is 2.19. The molecule has 0 saturated carbocycles. The lowest BCUT2D eigenvalue weighted by Crippen LogP contribution is -1.93. The van der Waals surface area contributed by atoms with Crippen LogP contribution >= 0.6 is 0 Å². The predicted molar refractivity (Wildman–Crippen MR) is 160 cm³/mol. The molecule has 7 rings (SSSR count). The lowest BCUT2D eigenvalue weighted by Gasteiger charge is -2.20. The van der Waals surface area contributed by atoms with Gasteiger partial charge in [0, 0.05) is 0 Å². The fourth-order valence-corrected chi connectivity index (χ4v) is 5.86. The van der Waals surface area contributed by atoms with Gasteiger partial charge < -0.3 is 0 Å². The Balaban J connectivity index is 1.63. The molecule has 7 aromatic rings. The van der Waals surface area contributed by atoms with Gasteiger partial charge in [-0.25, -0.2) is 0 Å². The van der Waals surface area contributed by atoms with E-state index in [0.29, 0.717) is 5.56 Å². The lowest BCUT2D eigenvalue weighted by atomic mass is 9.83. The highest BCUT2D eigenvalue weighted by Crippen LogP contribution is 2.47. The van der Waals surface area contributed by atoms with Crippen LogP contribution in [-0.2, 0) is 0 Å². The van der Waals surface area contributed by atoms with E-state index in [9.17, 15) is 5.26 Å². The minimum absolute atomic E-state index is 0.665. The van der Waals surface area contributed by atoms with Crippen molar-refractivity contribution in [2.24, 2.45) is 0 Å². The Kier molecular flexibility index (Phi) is 5.24. The molecule has 38 heavy (non-hydrogen) atoms. The number of nitriles is 1. The van der Waals surface area contributed by atoms with Crippen LogP contribution < -0.4 is 0 Å². The Morgan fingerprint density at radius 3 is 1.53 bits per heavy atom. The van der Waals surface area contributed by atoms with Gasteiger partial charge >= 0.3 is 0 Å². The molecule has 0 aromatic heterocycles. The Hall–Kier alpha value is -5.19. The molecule has 0 bridgehead atoms. The van der Waals surface area contributed by atoms with Crippen molar-refractivity contribution in [1.82, 2.24) is 0 Å². The van der Waals surface area contributed by atoms with E-state index in [-0.39, 0.29) is 0 Å². The zero-order valence-electron chi connectivity index (χ0n) is 20.7. The van der Waals surface area contributed by atoms with Crippen LogP contribution in [-0.4, -0.2) is 0 Å². The molecule has 0 heterocycles. The number of hydrogen-bond acceptors (Lipinski definition) is 1. The second-order valence-electron chi connectivity index (χ2n) is 9.61. The quantitative estimate of drug-likeness (QED) is 0.230. The summed E-state index contributed by atoms with van der Waals surface area (Å²) in [5.41, 5.74) is 7.73. The van der Waals surface area contributed by atoms with Crippen LogP contribution in [0, 0.1) is 11.3 Å². The van der Waals surface area contributed by atoms with Crippen molar-refractivity contribution >= 4 is 32.3 Å². The van der Waals surface area contributed by atoms with Crippen molar-refractivity contribution in [3.05, 3.63) is 145 Å². The highest BCUT2D eigenvalue weighted by atomic mass is 14.2. The summed E-state index contributed by atoms with van der Waals surface area (Å²) in [6.07, 6.45) is 0. The minimum atomic E-state index is 0.665. The predicted octanol–water partition coefficient (Wildman–Crippen LogP) is 10.0. The van der Waals surface area contributed by atoms with E-state index >= 15 is 0 Å². The van der Waals surface area contributed by atoms with Gasteiger partial charge in [0.05, 0.1) is 11.6 Å². The molecule has 1 nitrogen and oxygen atoms in total. The fourth-order valence-electron chi connectivity index (χ4n) is 5.86. The average molecular weight is 482 g/mol. The number of fused-ring (bicyclic) bond motifs is 3. The molecule has 0 aliphatic heterocycles. The summed E-state index contributed by atoms with van der Waals surface area (Å²) in [5.74, 6) is 0. The van der Waals surface area contributed by atoms with Crippen molar-refractivity contribution in [1.29, 1.82) is 5.26 Å². The number of hydrogen-bond donors (Lipinski definition) is 0. The Labute approximate surface area is 221 Å². The molecule has 0 fully saturated rings. The van der Waals surface area contributed by atoms with Gasteiger partial charge in [0.1, 0.15) is 0 Å². The largest absolute Gasteiger partial charge is 0.192 e. The van der Waals surface area contributed by atoms with Gasteiger partial charge in [0.15, 0.2) is 0 Å². The molecule has 0 unspecified atom stereocenters. The first kappa shape index (κ1) is 22.0. The van der Waals surface area contributed by atoms with Crippen LogP contribution in [0.2, 0.25) is 0 Å². The highest BCUT2D eigenvalue weighted by molar-refractivity contribution is 6.24. The first-order chi connectivity index (χ1) is 18.8. The maximum absolute atomic E-state index is 9.54. The van der Waals surface area contributed by atoms with E-state index in [1.54, 1.807) is 0 Å². The SMILES string of the molecule is N#Cc1cccc(-c2ccccc2-c2c3ccccc3c(-c3cccc4ccccc34)c3ccccc23)c1. The third-order valence-electron chi connectivity index (χ3n) is 7.49. The van der Waals surface area contributed by atoms with E-state index in [1.807, 2.05) is 18.2 Å². The molecule has 7 aromatic carbocycles. The molecule has 1 heteroatoms. The Morgan fingerprint density at radius 2 is 0.868 bits per heavy atom. The zero-order chi connectivity index (χ0) is 25.5. The summed E-state index contributed by atoms with van der Waals surface area (Å²) in [6, 6.07) is 51.5. The van der Waals surface area contributed by atoms with Crippen LogP contribution in [0.1, 0.15) is 5.56 Å². The van der Waals surface area contributed by atoms with Gasteiger partial charge in [-0.05, 0) is 77.8 Å². The minimum Gasteiger partial charge on any atom is -0.192 e. The molecule has 0 aliphatic rings. The Bertz CT molecular complexity index is 1980. The van der Waals surface area contributed by atoms with Gasteiger partial charge in [-0.1, -0.05) is 127 Å². The number of benzene rings is 7. The van der Waals surface area contributed by atoms with Crippen molar-refractivity contribution < 1.29 is 0 Å². The molecule has 0 spiro atoms. The smallest absolute Gasteiger partial charge is 0.0991 e. The molecule has 0 amide bonds. The van der Waals surface area contributed by atoms with E-state index in [2.05, 4.69) is 127 Å². The van der Waals surface area contributed by atoms with Gasteiger partial charge in [0.2, 0.25) is 0 Å². The molecular formula is C37H23N. The van der Waals surface area contributed by atoms with Crippen LogP contribution in [0.5, 0.6) is 0 Å². The summed E-state index contributed by atoms with van der Waals surface area (Å²) < 4.78 is 0. The summed E-state index contributed by atoms with van der Waals surface area (Å²) in [5, 5.41) is 16.9. The van der Waals surface area contributed by atoms with Gasteiger partial charge in [-0.15, -0.1) is 0 Å². The standard InChI is InChI=1S/C37H23N/c38-24-25-11-9-14-27(23-25)29-16-3-4-17-30(29)36-32-18-5-7-20-34(32)37(35-21-8-6-19-33(35)36)31-22-10-13-26-12-1-2-15-28(26)31/h1-23H. The zero-order valence-corrected chi connectivity index (χ0v) is 20.7. The van der Waals surface area contributed by atoms with Crippen LogP contribution in [0.25, 0.3) is 65.7 Å². The van der Waals surface area contributed by atoms with Crippen molar-refractivity contribution in [3.63, 3.8) is 0 Å². The van der Waals surface area contributed by atoms with E-state index in [4.69, 9.17) is 0 Å². The summed E-state index contributed by atoms with van der Waals surface area (Å²) >= 11 is 0. The van der Waals surface area contributed by atoms with E-state index in [0.717, 1.165) is 11.1 Å². The second kappa shape index (κ2) is 9.04. The normalized spacial score (nSPS) is 11.1. The van der Waals surface area contributed by atoms with Crippen molar-refractivity contribution in [2.45, 2.75) is 0 Å². The van der Waals surface area contributed by atoms with Gasteiger partial charge in [-0.3, -0.25) is 0 Å². The van der Waals surface area contributed by atoms with Crippen LogP contribution in [0.4, 0.5) is 0 Å². The molecule has 0 saturated heterocycles. The summed E-state index contributed by atoms with van der Waals surface area (Å²) in [7, 11) is 0. The third-order valence-corrected chi connectivity index (χ3v) is 7.49. The first-order valence-corrected chi connectivity index (χ1v) is 12.8. The maximum Gasteiger partial charge on any atom is 0.0991 e. The first-order valence-electron chi connectivity index (χ1n) is 12.8.